The van der Waals surface area contributed by atoms with Crippen molar-refractivity contribution in [3.63, 3.8) is 0 Å². The lowest BCUT2D eigenvalue weighted by atomic mass is 9.97. The lowest BCUT2D eigenvalue weighted by Crippen LogP contribution is -2.55. The van der Waals surface area contributed by atoms with E-state index in [9.17, 15) is 0 Å². The fourth-order valence-electron chi connectivity index (χ4n) is 3.98. The Hall–Kier alpha value is 0.560. The number of rotatable bonds is 3. The zero-order valence-electron chi connectivity index (χ0n) is 19.5. The van der Waals surface area contributed by atoms with Gasteiger partial charge in [0.05, 0.1) is 0 Å². The van der Waals surface area contributed by atoms with Gasteiger partial charge in [-0.05, 0) is 16.2 Å². The van der Waals surface area contributed by atoms with Crippen molar-refractivity contribution in [2.24, 2.45) is 16.2 Å². The maximum Gasteiger partial charge on any atom is 0.120 e. The van der Waals surface area contributed by atoms with E-state index in [-0.39, 0.29) is 20.8 Å². The van der Waals surface area contributed by atoms with Crippen molar-refractivity contribution in [2.75, 3.05) is 58.9 Å². The van der Waals surface area contributed by atoms with Crippen molar-refractivity contribution < 1.29 is 0 Å². The third-order valence-electron chi connectivity index (χ3n) is 4.75. The summed E-state index contributed by atoms with van der Waals surface area (Å²) in [4.78, 5) is 2.70. The van der Waals surface area contributed by atoms with Gasteiger partial charge in [-0.15, -0.1) is 12.4 Å². The minimum atomic E-state index is -0.388. The van der Waals surface area contributed by atoms with Gasteiger partial charge in [0.15, 0.2) is 0 Å². The Morgan fingerprint density at radius 2 is 0.778 bits per heavy atom. The highest BCUT2D eigenvalue weighted by molar-refractivity contribution is 7.50. The molecule has 0 amide bonds. The molecule has 0 unspecified atom stereocenters. The topological polar surface area (TPSA) is 13.0 Å². The molecule has 4 nitrogen and oxygen atoms in total. The van der Waals surface area contributed by atoms with Gasteiger partial charge in [0.1, 0.15) is 8.37 Å². The van der Waals surface area contributed by atoms with Crippen LogP contribution in [0.2, 0.25) is 0 Å². The van der Waals surface area contributed by atoms with Gasteiger partial charge >= 0.3 is 0 Å². The van der Waals surface area contributed by atoms with Crippen LogP contribution in [0.3, 0.4) is 0 Å². The number of hydrogen-bond donors (Lipinski definition) is 0. The minimum Gasteiger partial charge on any atom is -0.299 e. The predicted octanol–water partition coefficient (Wildman–Crippen LogP) is 5.01. The van der Waals surface area contributed by atoms with Gasteiger partial charge in [0, 0.05) is 58.9 Å². The average Bonchev–Trinajstić information content (AvgIpc) is 2.36. The van der Waals surface area contributed by atoms with E-state index >= 15 is 0 Å². The number of hydrogen-bond acceptors (Lipinski definition) is 4. The predicted molar refractivity (Wildman–Crippen MR) is 124 cm³/mol. The van der Waals surface area contributed by atoms with E-state index < -0.39 is 0 Å². The van der Waals surface area contributed by atoms with Crippen molar-refractivity contribution >= 4 is 20.8 Å². The molecule has 0 N–H and O–H groups in total. The molecule has 0 saturated carbocycles. The molecule has 0 atom stereocenters. The molecule has 3 aliphatic rings. The third kappa shape index (κ3) is 8.84. The van der Waals surface area contributed by atoms with Gasteiger partial charge in [0.25, 0.3) is 0 Å². The first kappa shape index (κ1) is 25.6. The maximum atomic E-state index is 2.85. The highest BCUT2D eigenvalue weighted by Gasteiger charge is 2.39. The van der Waals surface area contributed by atoms with Crippen molar-refractivity contribution in [1.29, 1.82) is 0 Å². The summed E-state index contributed by atoms with van der Waals surface area (Å²) < 4.78 is 8.54. The van der Waals surface area contributed by atoms with Gasteiger partial charge in [-0.1, -0.05) is 62.3 Å². The van der Waals surface area contributed by atoms with Crippen LogP contribution in [-0.2, 0) is 0 Å². The molecule has 3 saturated heterocycles. The average molecular weight is 421 g/mol. The van der Waals surface area contributed by atoms with Gasteiger partial charge in [-0.2, -0.15) is 0 Å². The molecule has 6 heteroatoms. The van der Waals surface area contributed by atoms with Crippen LogP contribution in [0.4, 0.5) is 0 Å². The molecule has 162 valence electrons. The Morgan fingerprint density at radius 1 is 0.519 bits per heavy atom. The molecule has 3 heterocycles. The lowest BCUT2D eigenvalue weighted by Gasteiger charge is -2.53. The number of halogens is 1. The number of fused-ring (bicyclic) bond motifs is 6. The van der Waals surface area contributed by atoms with Gasteiger partial charge in [-0.3, -0.25) is 18.9 Å². The van der Waals surface area contributed by atoms with Gasteiger partial charge in [0.2, 0.25) is 0 Å². The molecule has 2 bridgehead atoms. The molecular formula is C21H46ClN4P. The summed E-state index contributed by atoms with van der Waals surface area (Å²) in [5.74, 6) is 0. The molecule has 0 aromatic rings. The van der Waals surface area contributed by atoms with Crippen LogP contribution < -0.4 is 0 Å². The molecular weight excluding hydrogens is 375 g/mol. The summed E-state index contributed by atoms with van der Waals surface area (Å²) in [5, 5.41) is 0. The standard InChI is InChI=1S/C21H45N4P.ClH/c1-19(2,3)16-23-13-10-22-11-14-24(17-20(4,5)6)26(23)25(15-12-22)18-21(7,8)9;/h10-18H2,1-9H3;1H. The molecule has 0 spiro atoms. The highest BCUT2D eigenvalue weighted by atomic mass is 35.5. The summed E-state index contributed by atoms with van der Waals surface area (Å²) >= 11 is 0. The van der Waals surface area contributed by atoms with E-state index in [2.05, 4.69) is 81.2 Å². The molecule has 3 rings (SSSR count). The first-order valence-electron chi connectivity index (χ1n) is 10.5. The highest BCUT2D eigenvalue weighted by Crippen LogP contribution is 2.52. The second-order valence-electron chi connectivity index (χ2n) is 12.0. The van der Waals surface area contributed by atoms with E-state index in [0.717, 1.165) is 0 Å². The lowest BCUT2D eigenvalue weighted by molar-refractivity contribution is 0.127. The summed E-state index contributed by atoms with van der Waals surface area (Å²) in [5.41, 5.74) is 1.01. The third-order valence-corrected chi connectivity index (χ3v) is 7.29. The molecule has 3 aliphatic heterocycles. The maximum absolute atomic E-state index is 2.85. The largest absolute Gasteiger partial charge is 0.299 e. The molecule has 0 radical (unpaired) electrons. The number of nitrogens with zero attached hydrogens (tertiary/aromatic N) is 4. The van der Waals surface area contributed by atoms with Crippen LogP contribution in [0.15, 0.2) is 0 Å². The fourth-order valence-corrected chi connectivity index (χ4v) is 7.51. The summed E-state index contributed by atoms with van der Waals surface area (Å²) in [6, 6.07) is 0. The van der Waals surface area contributed by atoms with E-state index in [1.807, 2.05) is 0 Å². The molecule has 0 aliphatic carbocycles. The summed E-state index contributed by atoms with van der Waals surface area (Å²) in [7, 11) is -0.388. The normalized spacial score (nSPS) is 27.0. The molecule has 3 fully saturated rings. The zero-order chi connectivity index (χ0) is 19.8. The Bertz CT molecular complexity index is 386. The van der Waals surface area contributed by atoms with E-state index in [1.165, 1.54) is 58.9 Å². The van der Waals surface area contributed by atoms with Crippen molar-refractivity contribution in [2.45, 2.75) is 62.3 Å². The zero-order valence-corrected chi connectivity index (χ0v) is 21.2. The van der Waals surface area contributed by atoms with Crippen LogP contribution in [0, 0.1) is 16.2 Å². The smallest absolute Gasteiger partial charge is 0.120 e. The first-order valence-corrected chi connectivity index (χ1v) is 11.7. The molecule has 0 aromatic heterocycles. The summed E-state index contributed by atoms with van der Waals surface area (Å²) in [6.45, 7) is 32.5. The summed E-state index contributed by atoms with van der Waals surface area (Å²) in [6.07, 6.45) is 0. The Balaban J connectivity index is 0.00000364. The van der Waals surface area contributed by atoms with Crippen LogP contribution in [-0.4, -0.2) is 77.8 Å². The Morgan fingerprint density at radius 3 is 1.00 bits per heavy atom. The van der Waals surface area contributed by atoms with E-state index in [4.69, 9.17) is 0 Å². The van der Waals surface area contributed by atoms with Crippen molar-refractivity contribution in [3.8, 4) is 0 Å². The van der Waals surface area contributed by atoms with Gasteiger partial charge < -0.3 is 0 Å². The first-order chi connectivity index (χ1) is 11.7. The fraction of sp³-hybridized carbons (Fsp3) is 1.00. The Kier molecular flexibility index (Phi) is 9.08. The van der Waals surface area contributed by atoms with Crippen LogP contribution in [0.25, 0.3) is 0 Å². The van der Waals surface area contributed by atoms with Crippen molar-refractivity contribution in [3.05, 3.63) is 0 Å². The monoisotopic (exact) mass is 420 g/mol. The van der Waals surface area contributed by atoms with Gasteiger partial charge in [-0.25, -0.2) is 0 Å². The quantitative estimate of drug-likeness (QED) is 0.595. The second-order valence-corrected chi connectivity index (χ2v) is 14.2. The van der Waals surface area contributed by atoms with Crippen LogP contribution in [0.1, 0.15) is 62.3 Å². The minimum absolute atomic E-state index is 0. The van der Waals surface area contributed by atoms with E-state index in [1.54, 1.807) is 0 Å². The Labute approximate surface area is 177 Å². The SMILES string of the molecule is CC(C)(C)CN1CCN2CCN(CC(C)(C)C)P1N(CC(C)(C)C)CC2.Cl. The van der Waals surface area contributed by atoms with E-state index in [0.29, 0.717) is 16.2 Å². The van der Waals surface area contributed by atoms with Crippen LogP contribution >= 0.6 is 20.8 Å². The van der Waals surface area contributed by atoms with Crippen molar-refractivity contribution in [1.82, 2.24) is 18.9 Å². The van der Waals surface area contributed by atoms with Crippen LogP contribution in [0.5, 0.6) is 0 Å². The second kappa shape index (κ2) is 9.58. The molecule has 27 heavy (non-hydrogen) atoms. The molecule has 0 aromatic carbocycles.